The number of anilines is 2. The number of nitrogens with zero attached hydrogens (tertiary/aromatic N) is 2. The molecule has 0 saturated heterocycles. The SMILES string of the molecule is Cc1cc(C)c(Nc2nc(C)cc(C(=O)NC3CCCC3)n2)c(Cl)c1. The van der Waals surface area contributed by atoms with Gasteiger partial charge in [-0.3, -0.25) is 4.79 Å². The van der Waals surface area contributed by atoms with Crippen molar-refractivity contribution in [3.8, 4) is 0 Å². The van der Waals surface area contributed by atoms with Crippen LogP contribution in [-0.2, 0) is 0 Å². The third-order valence-corrected chi connectivity index (χ3v) is 4.74. The van der Waals surface area contributed by atoms with Gasteiger partial charge in [0.25, 0.3) is 5.91 Å². The molecule has 1 amide bonds. The Morgan fingerprint density at radius 1 is 1.12 bits per heavy atom. The minimum Gasteiger partial charge on any atom is -0.348 e. The molecule has 6 heteroatoms. The molecule has 1 aromatic carbocycles. The number of amides is 1. The highest BCUT2D eigenvalue weighted by molar-refractivity contribution is 6.33. The van der Waals surface area contributed by atoms with Crippen LogP contribution in [0.3, 0.4) is 0 Å². The smallest absolute Gasteiger partial charge is 0.270 e. The Labute approximate surface area is 153 Å². The van der Waals surface area contributed by atoms with Crippen molar-refractivity contribution in [3.63, 3.8) is 0 Å². The maximum Gasteiger partial charge on any atom is 0.270 e. The maximum absolute atomic E-state index is 12.5. The molecular weight excluding hydrogens is 336 g/mol. The number of rotatable bonds is 4. The summed E-state index contributed by atoms with van der Waals surface area (Å²) in [5.74, 6) is 0.234. The van der Waals surface area contributed by atoms with E-state index in [1.54, 1.807) is 6.07 Å². The van der Waals surface area contributed by atoms with Crippen LogP contribution in [0.4, 0.5) is 11.6 Å². The predicted molar refractivity (Wildman–Crippen MR) is 101 cm³/mol. The van der Waals surface area contributed by atoms with Gasteiger partial charge in [0.1, 0.15) is 5.69 Å². The Kier molecular flexibility index (Phi) is 5.23. The van der Waals surface area contributed by atoms with Crippen LogP contribution in [0, 0.1) is 20.8 Å². The lowest BCUT2D eigenvalue weighted by atomic mass is 10.1. The van der Waals surface area contributed by atoms with Crippen molar-refractivity contribution in [1.82, 2.24) is 15.3 Å². The van der Waals surface area contributed by atoms with Gasteiger partial charge in [-0.1, -0.05) is 30.5 Å². The molecule has 2 N–H and O–H groups in total. The highest BCUT2D eigenvalue weighted by atomic mass is 35.5. The third kappa shape index (κ3) is 4.28. The van der Waals surface area contributed by atoms with Crippen molar-refractivity contribution in [2.45, 2.75) is 52.5 Å². The number of aryl methyl sites for hydroxylation is 3. The van der Waals surface area contributed by atoms with E-state index >= 15 is 0 Å². The van der Waals surface area contributed by atoms with Crippen molar-refractivity contribution in [1.29, 1.82) is 0 Å². The molecule has 0 aliphatic heterocycles. The average molecular weight is 359 g/mol. The first-order valence-corrected chi connectivity index (χ1v) is 9.00. The molecule has 1 saturated carbocycles. The second-order valence-corrected chi connectivity index (χ2v) is 7.14. The van der Waals surface area contributed by atoms with Gasteiger partial charge in [-0.2, -0.15) is 0 Å². The van der Waals surface area contributed by atoms with E-state index in [2.05, 4.69) is 20.6 Å². The minimum absolute atomic E-state index is 0.146. The first-order chi connectivity index (χ1) is 11.9. The molecule has 1 fully saturated rings. The van der Waals surface area contributed by atoms with E-state index in [0.717, 1.165) is 35.3 Å². The summed E-state index contributed by atoms with van der Waals surface area (Å²) in [5.41, 5.74) is 3.97. The summed E-state index contributed by atoms with van der Waals surface area (Å²) in [6.07, 6.45) is 4.43. The van der Waals surface area contributed by atoms with Gasteiger partial charge in [0.2, 0.25) is 5.95 Å². The normalized spacial score (nSPS) is 14.6. The second kappa shape index (κ2) is 7.40. The standard InChI is InChI=1S/C19H23ClN4O/c1-11-8-12(2)17(15(20)9-11)24-19-21-13(3)10-16(23-19)18(25)22-14-6-4-5-7-14/h8-10,14H,4-7H2,1-3H3,(H,22,25)(H,21,23,24). The summed E-state index contributed by atoms with van der Waals surface area (Å²) in [5, 5.41) is 6.83. The Morgan fingerprint density at radius 3 is 2.52 bits per heavy atom. The molecule has 0 atom stereocenters. The topological polar surface area (TPSA) is 66.9 Å². The molecule has 1 aliphatic carbocycles. The number of hydrogen-bond acceptors (Lipinski definition) is 4. The third-order valence-electron chi connectivity index (χ3n) is 4.45. The van der Waals surface area contributed by atoms with E-state index in [4.69, 9.17) is 11.6 Å². The lowest BCUT2D eigenvalue weighted by Crippen LogP contribution is -2.33. The van der Waals surface area contributed by atoms with Crippen LogP contribution in [0.25, 0.3) is 0 Å². The number of hydrogen-bond donors (Lipinski definition) is 2. The molecule has 0 radical (unpaired) electrons. The quantitative estimate of drug-likeness (QED) is 0.846. The zero-order valence-corrected chi connectivity index (χ0v) is 15.6. The predicted octanol–water partition coefficient (Wildman–Crippen LogP) is 4.47. The number of halogens is 1. The lowest BCUT2D eigenvalue weighted by Gasteiger charge is -2.14. The first-order valence-electron chi connectivity index (χ1n) is 8.62. The van der Waals surface area contributed by atoms with Gasteiger partial charge >= 0.3 is 0 Å². The van der Waals surface area contributed by atoms with Gasteiger partial charge in [-0.25, -0.2) is 9.97 Å². The Morgan fingerprint density at radius 2 is 1.84 bits per heavy atom. The summed E-state index contributed by atoms with van der Waals surface area (Å²) in [7, 11) is 0. The number of benzene rings is 1. The van der Waals surface area contributed by atoms with Gasteiger partial charge in [-0.15, -0.1) is 0 Å². The van der Waals surface area contributed by atoms with Crippen molar-refractivity contribution >= 4 is 29.1 Å². The minimum atomic E-state index is -0.146. The Hall–Kier alpha value is -2.14. The summed E-state index contributed by atoms with van der Waals surface area (Å²) in [6, 6.07) is 5.89. The largest absolute Gasteiger partial charge is 0.348 e. The Bertz CT molecular complexity index is 777. The molecule has 0 spiro atoms. The molecule has 2 aromatic rings. The molecule has 0 unspecified atom stereocenters. The van der Waals surface area contributed by atoms with E-state index in [0.29, 0.717) is 16.7 Å². The Balaban J connectivity index is 1.83. The van der Waals surface area contributed by atoms with E-state index in [1.165, 1.54) is 12.8 Å². The fraction of sp³-hybridized carbons (Fsp3) is 0.421. The molecule has 5 nitrogen and oxygen atoms in total. The summed E-state index contributed by atoms with van der Waals surface area (Å²) >= 11 is 6.34. The summed E-state index contributed by atoms with van der Waals surface area (Å²) < 4.78 is 0. The molecule has 1 aromatic heterocycles. The monoisotopic (exact) mass is 358 g/mol. The number of carbonyl (C=O) groups excluding carboxylic acids is 1. The fourth-order valence-electron chi connectivity index (χ4n) is 3.26. The van der Waals surface area contributed by atoms with Crippen LogP contribution in [0.2, 0.25) is 5.02 Å². The van der Waals surface area contributed by atoms with Crippen LogP contribution in [0.1, 0.15) is 53.0 Å². The van der Waals surface area contributed by atoms with Crippen molar-refractivity contribution in [2.24, 2.45) is 0 Å². The zero-order chi connectivity index (χ0) is 18.0. The lowest BCUT2D eigenvalue weighted by molar-refractivity contribution is 0.0932. The number of nitrogens with one attached hydrogen (secondary N) is 2. The van der Waals surface area contributed by atoms with Crippen LogP contribution >= 0.6 is 11.6 Å². The molecule has 3 rings (SSSR count). The number of carbonyl (C=O) groups is 1. The van der Waals surface area contributed by atoms with E-state index in [-0.39, 0.29) is 11.9 Å². The maximum atomic E-state index is 12.5. The van der Waals surface area contributed by atoms with Crippen LogP contribution < -0.4 is 10.6 Å². The van der Waals surface area contributed by atoms with E-state index in [1.807, 2.05) is 32.9 Å². The number of aromatic nitrogens is 2. The highest BCUT2D eigenvalue weighted by Gasteiger charge is 2.19. The van der Waals surface area contributed by atoms with Crippen LogP contribution in [-0.4, -0.2) is 21.9 Å². The average Bonchev–Trinajstić information content (AvgIpc) is 3.03. The van der Waals surface area contributed by atoms with Crippen molar-refractivity contribution in [2.75, 3.05) is 5.32 Å². The van der Waals surface area contributed by atoms with Gasteiger partial charge in [0, 0.05) is 11.7 Å². The molecule has 25 heavy (non-hydrogen) atoms. The zero-order valence-electron chi connectivity index (χ0n) is 14.8. The van der Waals surface area contributed by atoms with Gasteiger partial charge in [-0.05, 0) is 56.9 Å². The van der Waals surface area contributed by atoms with Gasteiger partial charge in [0.05, 0.1) is 10.7 Å². The van der Waals surface area contributed by atoms with Crippen molar-refractivity contribution in [3.05, 3.63) is 45.7 Å². The second-order valence-electron chi connectivity index (χ2n) is 6.74. The summed E-state index contributed by atoms with van der Waals surface area (Å²) in [4.78, 5) is 21.3. The van der Waals surface area contributed by atoms with Gasteiger partial charge in [0.15, 0.2) is 0 Å². The molecule has 0 bridgehead atoms. The van der Waals surface area contributed by atoms with Crippen LogP contribution in [0.5, 0.6) is 0 Å². The van der Waals surface area contributed by atoms with Crippen molar-refractivity contribution < 1.29 is 4.79 Å². The fourth-order valence-corrected chi connectivity index (χ4v) is 3.62. The van der Waals surface area contributed by atoms with E-state index in [9.17, 15) is 4.79 Å². The molecule has 1 heterocycles. The summed E-state index contributed by atoms with van der Waals surface area (Å²) in [6.45, 7) is 5.82. The van der Waals surface area contributed by atoms with Crippen LogP contribution in [0.15, 0.2) is 18.2 Å². The first kappa shape index (κ1) is 17.7. The molecule has 1 aliphatic rings. The van der Waals surface area contributed by atoms with E-state index < -0.39 is 0 Å². The molecular formula is C19H23ClN4O. The highest BCUT2D eigenvalue weighted by Crippen LogP contribution is 2.29. The molecule has 132 valence electrons. The van der Waals surface area contributed by atoms with Gasteiger partial charge < -0.3 is 10.6 Å².